The fraction of sp³-hybridized carbons (Fsp3) is 0.324. The van der Waals surface area contributed by atoms with E-state index >= 15 is 0 Å². The molecular formula is C34H33F3N6O5. The standard InChI is InChI=1S/C34H33F3N6O5/c1-4-48-31-21(15-28(38)44)14-27(41-30(31)20-7-10-25-19(11-20)6-5-18(2)40-25)33(46,34(35,36)37)17-39-32(45)22-12-23-16-43(24-8-9-24)42-29(23)26(13-22)47-3/h5-7,10-14,16,24,46H,4,8-9,15,17H2,1-3H3,(H2,38,44)(H,39,45)/t33-/m0/s1. The van der Waals surface area contributed by atoms with E-state index in [9.17, 15) is 27.9 Å². The first kappa shape index (κ1) is 32.7. The molecule has 1 aliphatic rings. The molecular weight excluding hydrogens is 629 g/mol. The van der Waals surface area contributed by atoms with Crippen LogP contribution in [0.15, 0.2) is 54.7 Å². The van der Waals surface area contributed by atoms with E-state index in [1.807, 2.05) is 6.92 Å². The van der Waals surface area contributed by atoms with Gasteiger partial charge in [0.15, 0.2) is 0 Å². The molecule has 1 fully saturated rings. The van der Waals surface area contributed by atoms with Gasteiger partial charge in [0.2, 0.25) is 11.5 Å². The quantitative estimate of drug-likeness (QED) is 0.180. The van der Waals surface area contributed by atoms with Gasteiger partial charge < -0.3 is 25.6 Å². The molecule has 0 radical (unpaired) electrons. The molecule has 2 aromatic carbocycles. The van der Waals surface area contributed by atoms with E-state index in [1.54, 1.807) is 48.1 Å². The summed E-state index contributed by atoms with van der Waals surface area (Å²) < 4.78 is 57.6. The Balaban J connectivity index is 1.41. The van der Waals surface area contributed by atoms with Gasteiger partial charge in [-0.05, 0) is 63.1 Å². The van der Waals surface area contributed by atoms with E-state index in [0.29, 0.717) is 27.4 Å². The molecule has 1 saturated carbocycles. The normalized spacial score (nSPS) is 14.6. The van der Waals surface area contributed by atoms with Crippen LogP contribution in [-0.2, 0) is 16.8 Å². The third-order valence-corrected chi connectivity index (χ3v) is 8.20. The van der Waals surface area contributed by atoms with Crippen LogP contribution in [-0.4, -0.2) is 63.1 Å². The van der Waals surface area contributed by atoms with E-state index in [2.05, 4.69) is 20.4 Å². The molecule has 5 aromatic rings. The number of halogens is 3. The smallest absolute Gasteiger partial charge is 0.424 e. The Labute approximate surface area is 272 Å². The zero-order valence-electron chi connectivity index (χ0n) is 26.4. The van der Waals surface area contributed by atoms with Crippen LogP contribution in [0.25, 0.3) is 33.1 Å². The van der Waals surface area contributed by atoms with Crippen LogP contribution >= 0.6 is 0 Å². The highest BCUT2D eigenvalue weighted by atomic mass is 19.4. The van der Waals surface area contributed by atoms with E-state index in [-0.39, 0.29) is 41.0 Å². The lowest BCUT2D eigenvalue weighted by molar-refractivity contribution is -0.265. The van der Waals surface area contributed by atoms with E-state index in [1.165, 1.54) is 19.2 Å². The summed E-state index contributed by atoms with van der Waals surface area (Å²) >= 11 is 0. The number of nitrogens with one attached hydrogen (secondary N) is 1. The molecule has 0 bridgehead atoms. The van der Waals surface area contributed by atoms with Crippen molar-refractivity contribution in [1.82, 2.24) is 25.1 Å². The van der Waals surface area contributed by atoms with Crippen LogP contribution in [0.1, 0.15) is 53.1 Å². The molecule has 1 atom stereocenters. The Hall–Kier alpha value is -5.24. The second-order valence-corrected chi connectivity index (χ2v) is 11.8. The molecule has 0 spiro atoms. The van der Waals surface area contributed by atoms with Crippen molar-refractivity contribution in [3.63, 3.8) is 0 Å². The number of aryl methyl sites for hydroxylation is 1. The van der Waals surface area contributed by atoms with E-state index in [0.717, 1.165) is 24.6 Å². The fourth-order valence-electron chi connectivity index (χ4n) is 5.57. The second kappa shape index (κ2) is 12.4. The molecule has 0 saturated heterocycles. The summed E-state index contributed by atoms with van der Waals surface area (Å²) in [5.74, 6) is -1.41. The van der Waals surface area contributed by atoms with Crippen molar-refractivity contribution >= 4 is 33.6 Å². The van der Waals surface area contributed by atoms with Gasteiger partial charge in [0.1, 0.15) is 22.7 Å². The number of aliphatic hydroxyl groups is 1. The largest absolute Gasteiger partial charge is 0.494 e. The number of amides is 2. The number of fused-ring (bicyclic) bond motifs is 2. The number of rotatable bonds is 11. The van der Waals surface area contributed by atoms with Crippen molar-refractivity contribution in [2.24, 2.45) is 5.73 Å². The van der Waals surface area contributed by atoms with Gasteiger partial charge in [-0.3, -0.25) is 19.3 Å². The Morgan fingerprint density at radius 1 is 1.08 bits per heavy atom. The molecule has 14 heteroatoms. The Morgan fingerprint density at radius 2 is 1.85 bits per heavy atom. The average molecular weight is 663 g/mol. The summed E-state index contributed by atoms with van der Waals surface area (Å²) in [5.41, 5.74) is 3.17. The minimum absolute atomic E-state index is 0.00832. The SMILES string of the molecule is CCOc1c(CC(N)=O)cc([C@@](O)(CNC(=O)c2cc(OC)c3nn(C4CC4)cc3c2)C(F)(F)F)nc1-c1ccc2nc(C)ccc2c1. The zero-order valence-corrected chi connectivity index (χ0v) is 26.4. The first-order valence-corrected chi connectivity index (χ1v) is 15.3. The summed E-state index contributed by atoms with van der Waals surface area (Å²) in [6.07, 6.45) is -2.12. The molecule has 4 N–H and O–H groups in total. The lowest BCUT2D eigenvalue weighted by atomic mass is 9.93. The number of pyridine rings is 2. The predicted molar refractivity (Wildman–Crippen MR) is 171 cm³/mol. The maximum absolute atomic E-state index is 14.9. The van der Waals surface area contributed by atoms with Crippen molar-refractivity contribution < 1.29 is 37.3 Å². The van der Waals surface area contributed by atoms with Gasteiger partial charge in [0.25, 0.3) is 5.91 Å². The third kappa shape index (κ3) is 6.22. The maximum atomic E-state index is 14.9. The number of primary amides is 1. The lowest BCUT2D eigenvalue weighted by Crippen LogP contribution is -2.51. The highest BCUT2D eigenvalue weighted by Gasteiger charge is 2.56. The molecule has 48 heavy (non-hydrogen) atoms. The number of aromatic nitrogens is 4. The monoisotopic (exact) mass is 662 g/mol. The van der Waals surface area contributed by atoms with Crippen molar-refractivity contribution in [1.29, 1.82) is 0 Å². The van der Waals surface area contributed by atoms with E-state index in [4.69, 9.17) is 15.2 Å². The van der Waals surface area contributed by atoms with Crippen LogP contribution < -0.4 is 20.5 Å². The van der Waals surface area contributed by atoms with E-state index < -0.39 is 42.3 Å². The number of hydrogen-bond acceptors (Lipinski definition) is 8. The summed E-state index contributed by atoms with van der Waals surface area (Å²) in [7, 11) is 1.40. The average Bonchev–Trinajstić information content (AvgIpc) is 3.81. The summed E-state index contributed by atoms with van der Waals surface area (Å²) in [4.78, 5) is 34.2. The fourth-order valence-corrected chi connectivity index (χ4v) is 5.57. The molecule has 2 amide bonds. The minimum atomic E-state index is -5.32. The molecule has 6 rings (SSSR count). The molecule has 0 unspecified atom stereocenters. The molecule has 3 aromatic heterocycles. The van der Waals surface area contributed by atoms with Gasteiger partial charge in [0, 0.05) is 39.4 Å². The van der Waals surface area contributed by atoms with Gasteiger partial charge in [-0.25, -0.2) is 4.98 Å². The van der Waals surface area contributed by atoms with Gasteiger partial charge in [-0.1, -0.05) is 12.1 Å². The minimum Gasteiger partial charge on any atom is -0.494 e. The lowest BCUT2D eigenvalue weighted by Gasteiger charge is -2.31. The number of nitrogens with zero attached hydrogens (tertiary/aromatic N) is 4. The molecule has 11 nitrogen and oxygen atoms in total. The predicted octanol–water partition coefficient (Wildman–Crippen LogP) is 4.90. The molecule has 0 aliphatic heterocycles. The number of ether oxygens (including phenoxy) is 2. The highest BCUT2D eigenvalue weighted by molar-refractivity contribution is 6.00. The van der Waals surface area contributed by atoms with Crippen molar-refractivity contribution in [2.45, 2.75) is 50.9 Å². The number of carbonyl (C=O) groups excluding carboxylic acids is 2. The summed E-state index contributed by atoms with van der Waals surface area (Å²) in [6.45, 7) is 2.30. The van der Waals surface area contributed by atoms with Crippen LogP contribution in [0.4, 0.5) is 13.2 Å². The number of benzene rings is 2. The maximum Gasteiger partial charge on any atom is 0.424 e. The number of methoxy groups -OCH3 is 1. The van der Waals surface area contributed by atoms with Crippen LogP contribution in [0.3, 0.4) is 0 Å². The first-order chi connectivity index (χ1) is 22.8. The van der Waals surface area contributed by atoms with Gasteiger partial charge >= 0.3 is 6.18 Å². The molecule has 1 aliphatic carbocycles. The third-order valence-electron chi connectivity index (χ3n) is 8.20. The van der Waals surface area contributed by atoms with Crippen LogP contribution in [0.2, 0.25) is 0 Å². The van der Waals surface area contributed by atoms with Crippen molar-refractivity contribution in [2.75, 3.05) is 20.3 Å². The Morgan fingerprint density at radius 3 is 2.52 bits per heavy atom. The number of carbonyl (C=O) groups is 2. The summed E-state index contributed by atoms with van der Waals surface area (Å²) in [6, 6.07) is 12.6. The Kier molecular flexibility index (Phi) is 8.45. The van der Waals surface area contributed by atoms with Crippen molar-refractivity contribution in [3.8, 4) is 22.8 Å². The second-order valence-electron chi connectivity index (χ2n) is 11.8. The first-order valence-electron chi connectivity index (χ1n) is 15.3. The van der Waals surface area contributed by atoms with Crippen LogP contribution in [0, 0.1) is 6.92 Å². The number of hydrogen-bond donors (Lipinski definition) is 3. The summed E-state index contributed by atoms with van der Waals surface area (Å²) in [5, 5.41) is 19.4. The zero-order chi connectivity index (χ0) is 34.4. The topological polar surface area (TPSA) is 154 Å². The number of alkyl halides is 3. The molecule has 3 heterocycles. The van der Waals surface area contributed by atoms with Gasteiger partial charge in [-0.15, -0.1) is 0 Å². The van der Waals surface area contributed by atoms with Gasteiger partial charge in [-0.2, -0.15) is 18.3 Å². The Bertz CT molecular complexity index is 2060. The van der Waals surface area contributed by atoms with Crippen molar-refractivity contribution in [3.05, 3.63) is 77.2 Å². The molecule has 250 valence electrons. The highest BCUT2D eigenvalue weighted by Crippen LogP contribution is 2.42. The van der Waals surface area contributed by atoms with Crippen LogP contribution in [0.5, 0.6) is 11.5 Å². The van der Waals surface area contributed by atoms with Gasteiger partial charge in [0.05, 0.1) is 43.9 Å². The number of nitrogens with two attached hydrogens (primary N) is 1.